The number of nitrogens with one attached hydrogen (secondary N) is 1. The van der Waals surface area contributed by atoms with Crippen LogP contribution < -0.4 is 10.1 Å². The first kappa shape index (κ1) is 15.1. The monoisotopic (exact) mass is 346 g/mol. The van der Waals surface area contributed by atoms with Crippen molar-refractivity contribution < 1.29 is 4.74 Å². The highest BCUT2D eigenvalue weighted by molar-refractivity contribution is 9.10. The predicted octanol–water partition coefficient (Wildman–Crippen LogP) is 2.60. The van der Waals surface area contributed by atoms with Gasteiger partial charge >= 0.3 is 0 Å². The standard InChI is InChI=1S/C14H19BrN2O.ClH/c1-10-8-17(4-3-16-10)9-12-7-13(15)6-11-2-5-18-14(11)12;/h6-7,10,16H,2-5,8-9H2,1H3;1H. The van der Waals surface area contributed by atoms with Crippen LogP contribution in [-0.2, 0) is 13.0 Å². The van der Waals surface area contributed by atoms with E-state index in [-0.39, 0.29) is 12.4 Å². The zero-order valence-corrected chi connectivity index (χ0v) is 13.5. The number of fused-ring (bicyclic) bond motifs is 1. The second kappa shape index (κ2) is 6.44. The van der Waals surface area contributed by atoms with Crippen LogP contribution in [0.2, 0.25) is 0 Å². The molecule has 0 spiro atoms. The lowest BCUT2D eigenvalue weighted by atomic mass is 10.1. The maximum Gasteiger partial charge on any atom is 0.127 e. The van der Waals surface area contributed by atoms with Gasteiger partial charge in [-0.25, -0.2) is 0 Å². The van der Waals surface area contributed by atoms with Crippen molar-refractivity contribution in [1.82, 2.24) is 10.2 Å². The van der Waals surface area contributed by atoms with Gasteiger partial charge in [-0.3, -0.25) is 4.90 Å². The van der Waals surface area contributed by atoms with Crippen molar-refractivity contribution >= 4 is 28.3 Å². The van der Waals surface area contributed by atoms with Crippen molar-refractivity contribution in [2.45, 2.75) is 25.9 Å². The average Bonchev–Trinajstić information content (AvgIpc) is 2.77. The summed E-state index contributed by atoms with van der Waals surface area (Å²) in [7, 11) is 0. The van der Waals surface area contributed by atoms with Gasteiger partial charge < -0.3 is 10.1 Å². The Labute approximate surface area is 129 Å². The van der Waals surface area contributed by atoms with Crippen molar-refractivity contribution in [3.05, 3.63) is 27.7 Å². The first-order chi connectivity index (χ1) is 8.72. The van der Waals surface area contributed by atoms with Gasteiger partial charge in [-0.15, -0.1) is 12.4 Å². The third-order valence-corrected chi connectivity index (χ3v) is 4.13. The molecule has 106 valence electrons. The molecule has 0 saturated carbocycles. The van der Waals surface area contributed by atoms with Crippen molar-refractivity contribution in [3.63, 3.8) is 0 Å². The molecule has 2 heterocycles. The average molecular weight is 348 g/mol. The Kier molecular flexibility index (Phi) is 5.12. The Morgan fingerprint density at radius 1 is 1.47 bits per heavy atom. The third-order valence-electron chi connectivity index (χ3n) is 3.67. The number of rotatable bonds is 2. The minimum absolute atomic E-state index is 0. The van der Waals surface area contributed by atoms with Crippen molar-refractivity contribution in [2.75, 3.05) is 26.2 Å². The van der Waals surface area contributed by atoms with Crippen LogP contribution in [0.4, 0.5) is 0 Å². The van der Waals surface area contributed by atoms with Gasteiger partial charge in [0.25, 0.3) is 0 Å². The van der Waals surface area contributed by atoms with Crippen LogP contribution in [0.3, 0.4) is 0 Å². The molecule has 2 aliphatic rings. The lowest BCUT2D eigenvalue weighted by Gasteiger charge is -2.32. The van der Waals surface area contributed by atoms with Crippen molar-refractivity contribution in [2.24, 2.45) is 0 Å². The van der Waals surface area contributed by atoms with E-state index in [9.17, 15) is 0 Å². The highest BCUT2D eigenvalue weighted by Gasteiger charge is 2.21. The molecule has 3 rings (SSSR count). The third kappa shape index (κ3) is 3.43. The number of nitrogens with zero attached hydrogens (tertiary/aromatic N) is 1. The summed E-state index contributed by atoms with van der Waals surface area (Å²) in [6.45, 7) is 7.38. The van der Waals surface area contributed by atoms with Gasteiger partial charge in [0.1, 0.15) is 5.75 Å². The van der Waals surface area contributed by atoms with E-state index in [1.165, 1.54) is 15.6 Å². The van der Waals surface area contributed by atoms with Crippen LogP contribution in [0.15, 0.2) is 16.6 Å². The normalized spacial score (nSPS) is 22.5. The van der Waals surface area contributed by atoms with E-state index in [0.717, 1.165) is 45.0 Å². The summed E-state index contributed by atoms with van der Waals surface area (Å²) in [5.41, 5.74) is 2.67. The Hall–Kier alpha value is -0.290. The summed E-state index contributed by atoms with van der Waals surface area (Å²) >= 11 is 3.61. The lowest BCUT2D eigenvalue weighted by molar-refractivity contribution is 0.197. The largest absolute Gasteiger partial charge is 0.493 e. The van der Waals surface area contributed by atoms with E-state index >= 15 is 0 Å². The Bertz CT molecular complexity index is 455. The number of hydrogen-bond donors (Lipinski definition) is 1. The Morgan fingerprint density at radius 2 is 2.32 bits per heavy atom. The van der Waals surface area contributed by atoms with E-state index in [1.807, 2.05) is 0 Å². The molecular weight excluding hydrogens is 328 g/mol. The topological polar surface area (TPSA) is 24.5 Å². The molecule has 1 saturated heterocycles. The molecular formula is C14H20BrClN2O. The number of benzene rings is 1. The van der Waals surface area contributed by atoms with E-state index < -0.39 is 0 Å². The number of hydrogen-bond acceptors (Lipinski definition) is 3. The molecule has 19 heavy (non-hydrogen) atoms. The van der Waals surface area contributed by atoms with Gasteiger partial charge in [0.2, 0.25) is 0 Å². The van der Waals surface area contributed by atoms with E-state index in [2.05, 4.69) is 45.2 Å². The summed E-state index contributed by atoms with van der Waals surface area (Å²) in [5, 5.41) is 3.48. The molecule has 2 aliphatic heterocycles. The fourth-order valence-electron chi connectivity index (χ4n) is 2.86. The first-order valence-corrected chi connectivity index (χ1v) is 7.41. The maximum atomic E-state index is 5.79. The molecule has 1 aromatic rings. The smallest absolute Gasteiger partial charge is 0.127 e. The van der Waals surface area contributed by atoms with Crippen LogP contribution >= 0.6 is 28.3 Å². The molecule has 1 atom stereocenters. The Morgan fingerprint density at radius 3 is 3.11 bits per heavy atom. The fraction of sp³-hybridized carbons (Fsp3) is 0.571. The van der Waals surface area contributed by atoms with Gasteiger partial charge in [0, 0.05) is 48.7 Å². The van der Waals surface area contributed by atoms with Crippen LogP contribution in [0.1, 0.15) is 18.1 Å². The second-order valence-electron chi connectivity index (χ2n) is 5.24. The molecule has 0 radical (unpaired) electrons. The first-order valence-electron chi connectivity index (χ1n) is 6.62. The molecule has 0 bridgehead atoms. The summed E-state index contributed by atoms with van der Waals surface area (Å²) in [4.78, 5) is 2.50. The molecule has 1 aromatic carbocycles. The summed E-state index contributed by atoms with van der Waals surface area (Å²) in [6, 6.07) is 4.98. The molecule has 1 fully saturated rings. The summed E-state index contributed by atoms with van der Waals surface area (Å²) in [6.07, 6.45) is 1.04. The van der Waals surface area contributed by atoms with Crippen LogP contribution in [-0.4, -0.2) is 37.2 Å². The SMILES string of the molecule is CC1CN(Cc2cc(Br)cc3c2OCC3)CCN1.Cl. The van der Waals surface area contributed by atoms with Crippen molar-refractivity contribution in [1.29, 1.82) is 0 Å². The highest BCUT2D eigenvalue weighted by atomic mass is 79.9. The van der Waals surface area contributed by atoms with Gasteiger partial charge in [-0.2, -0.15) is 0 Å². The minimum Gasteiger partial charge on any atom is -0.493 e. The fourth-order valence-corrected chi connectivity index (χ4v) is 3.41. The number of halogens is 2. The molecule has 1 N–H and O–H groups in total. The van der Waals surface area contributed by atoms with Crippen LogP contribution in [0.25, 0.3) is 0 Å². The van der Waals surface area contributed by atoms with Gasteiger partial charge in [0.15, 0.2) is 0 Å². The zero-order chi connectivity index (χ0) is 12.5. The summed E-state index contributed by atoms with van der Waals surface area (Å²) < 4.78 is 6.96. The quantitative estimate of drug-likeness (QED) is 0.890. The van der Waals surface area contributed by atoms with Gasteiger partial charge in [-0.05, 0) is 24.6 Å². The van der Waals surface area contributed by atoms with E-state index in [0.29, 0.717) is 6.04 Å². The molecule has 1 unspecified atom stereocenters. The molecule has 0 amide bonds. The molecule has 0 aromatic heterocycles. The lowest BCUT2D eigenvalue weighted by Crippen LogP contribution is -2.48. The predicted molar refractivity (Wildman–Crippen MR) is 83.3 cm³/mol. The molecule has 3 nitrogen and oxygen atoms in total. The number of ether oxygens (including phenoxy) is 1. The number of piperazine rings is 1. The minimum atomic E-state index is 0. The van der Waals surface area contributed by atoms with E-state index in [4.69, 9.17) is 4.74 Å². The maximum absolute atomic E-state index is 5.79. The molecule has 5 heteroatoms. The van der Waals surface area contributed by atoms with Gasteiger partial charge in [0.05, 0.1) is 6.61 Å². The molecule has 0 aliphatic carbocycles. The summed E-state index contributed by atoms with van der Waals surface area (Å²) in [5.74, 6) is 1.13. The zero-order valence-electron chi connectivity index (χ0n) is 11.1. The highest BCUT2D eigenvalue weighted by Crippen LogP contribution is 2.33. The van der Waals surface area contributed by atoms with Crippen LogP contribution in [0.5, 0.6) is 5.75 Å². The second-order valence-corrected chi connectivity index (χ2v) is 6.16. The van der Waals surface area contributed by atoms with E-state index in [1.54, 1.807) is 0 Å². The van der Waals surface area contributed by atoms with Crippen LogP contribution in [0, 0.1) is 0 Å². The Balaban J connectivity index is 0.00000133. The van der Waals surface area contributed by atoms with Gasteiger partial charge in [-0.1, -0.05) is 15.9 Å². The van der Waals surface area contributed by atoms with Crippen molar-refractivity contribution in [3.8, 4) is 5.75 Å².